The molecule has 22 heavy (non-hydrogen) atoms. The summed E-state index contributed by atoms with van der Waals surface area (Å²) < 4.78 is 5.75. The number of ether oxygens (including phenoxy) is 1. The molecule has 0 saturated carbocycles. The summed E-state index contributed by atoms with van der Waals surface area (Å²) in [5.74, 6) is 0.0217. The van der Waals surface area contributed by atoms with E-state index in [0.717, 1.165) is 5.56 Å². The van der Waals surface area contributed by atoms with E-state index in [9.17, 15) is 9.59 Å². The van der Waals surface area contributed by atoms with Crippen molar-refractivity contribution in [2.75, 3.05) is 19.0 Å². The Morgan fingerprint density at radius 2 is 2.27 bits per heavy atom. The minimum absolute atomic E-state index is 0.0168. The lowest BCUT2D eigenvalue weighted by atomic mass is 10.2. The van der Waals surface area contributed by atoms with Crippen molar-refractivity contribution in [2.45, 2.75) is 13.0 Å². The van der Waals surface area contributed by atoms with Gasteiger partial charge in [0.1, 0.15) is 6.54 Å². The normalized spacial score (nSPS) is 10.0. The highest BCUT2D eigenvalue weighted by Gasteiger charge is 2.08. The third-order valence-electron chi connectivity index (χ3n) is 2.72. The van der Waals surface area contributed by atoms with Crippen LogP contribution >= 0.6 is 0 Å². The Morgan fingerprint density at radius 3 is 3.00 bits per heavy atom. The summed E-state index contributed by atoms with van der Waals surface area (Å²) in [6, 6.07) is 3.80. The van der Waals surface area contributed by atoms with E-state index in [2.05, 4.69) is 30.7 Å². The molecule has 2 N–H and O–H groups in total. The quantitative estimate of drug-likeness (QED) is 0.789. The Hall–Kier alpha value is -2.97. The van der Waals surface area contributed by atoms with E-state index >= 15 is 0 Å². The first-order valence-electron chi connectivity index (χ1n) is 6.58. The van der Waals surface area contributed by atoms with Crippen molar-refractivity contribution in [1.29, 1.82) is 0 Å². The average molecular weight is 304 g/mol. The minimum atomic E-state index is -0.645. The van der Waals surface area contributed by atoms with Crippen molar-refractivity contribution in [3.05, 3.63) is 36.3 Å². The number of methoxy groups -OCH3 is 1. The van der Waals surface area contributed by atoms with Gasteiger partial charge in [-0.15, -0.1) is 5.10 Å². The van der Waals surface area contributed by atoms with Gasteiger partial charge in [0.05, 0.1) is 13.3 Å². The highest BCUT2D eigenvalue weighted by molar-refractivity contribution is 5.82. The number of amides is 2. The highest BCUT2D eigenvalue weighted by atomic mass is 16.5. The Balaban J connectivity index is 1.74. The summed E-state index contributed by atoms with van der Waals surface area (Å²) in [6.45, 7) is 0.523. The fraction of sp³-hybridized carbons (Fsp3) is 0.308. The third kappa shape index (κ3) is 4.85. The number of aromatic nitrogens is 4. The number of carbonyl (C=O) groups is 2. The summed E-state index contributed by atoms with van der Waals surface area (Å²) in [5.41, 5.74) is 1.05. The summed E-state index contributed by atoms with van der Waals surface area (Å²) in [6.07, 6.45) is 4.96. The fourth-order valence-electron chi connectivity index (χ4n) is 1.68. The fourth-order valence-corrected chi connectivity index (χ4v) is 1.68. The summed E-state index contributed by atoms with van der Waals surface area (Å²) >= 11 is 0. The monoisotopic (exact) mass is 304 g/mol. The Kier molecular flexibility index (Phi) is 5.41. The summed E-state index contributed by atoms with van der Waals surface area (Å²) in [4.78, 5) is 26.8. The topological polar surface area (TPSA) is 111 Å². The maximum Gasteiger partial charge on any atom is 0.412 e. The van der Waals surface area contributed by atoms with Crippen LogP contribution in [0.25, 0.3) is 0 Å². The van der Waals surface area contributed by atoms with Crippen molar-refractivity contribution in [3.63, 3.8) is 0 Å². The SMILES string of the molecule is COC(=O)Nc1cn(CC(=O)NCCc2cccnc2)nn1. The zero-order valence-electron chi connectivity index (χ0n) is 12.0. The van der Waals surface area contributed by atoms with Gasteiger partial charge in [-0.3, -0.25) is 15.1 Å². The molecule has 0 aliphatic rings. The number of pyridine rings is 1. The van der Waals surface area contributed by atoms with Crippen LogP contribution in [0.15, 0.2) is 30.7 Å². The van der Waals surface area contributed by atoms with Crippen LogP contribution in [0.3, 0.4) is 0 Å². The highest BCUT2D eigenvalue weighted by Crippen LogP contribution is 2.00. The van der Waals surface area contributed by atoms with Gasteiger partial charge in [0.2, 0.25) is 5.91 Å². The van der Waals surface area contributed by atoms with Gasteiger partial charge in [-0.2, -0.15) is 0 Å². The minimum Gasteiger partial charge on any atom is -0.453 e. The molecule has 0 atom stereocenters. The molecule has 0 spiro atoms. The molecule has 0 aliphatic carbocycles. The van der Waals surface area contributed by atoms with Crippen molar-refractivity contribution in [2.24, 2.45) is 0 Å². The number of nitrogens with one attached hydrogen (secondary N) is 2. The molecule has 2 aromatic rings. The van der Waals surface area contributed by atoms with Gasteiger partial charge >= 0.3 is 6.09 Å². The predicted octanol–water partition coefficient (Wildman–Crippen LogP) is 0.210. The maximum atomic E-state index is 11.8. The van der Waals surface area contributed by atoms with Gasteiger partial charge in [0, 0.05) is 18.9 Å². The molecule has 2 aromatic heterocycles. The van der Waals surface area contributed by atoms with E-state index in [-0.39, 0.29) is 18.3 Å². The molecule has 0 unspecified atom stereocenters. The van der Waals surface area contributed by atoms with Gasteiger partial charge in [-0.05, 0) is 18.1 Å². The molecule has 0 aromatic carbocycles. The number of hydrogen-bond donors (Lipinski definition) is 2. The van der Waals surface area contributed by atoms with E-state index in [1.54, 1.807) is 12.4 Å². The summed E-state index contributed by atoms with van der Waals surface area (Å²) in [7, 11) is 1.25. The van der Waals surface area contributed by atoms with E-state index < -0.39 is 6.09 Å². The first-order chi connectivity index (χ1) is 10.7. The second kappa shape index (κ2) is 7.72. The predicted molar refractivity (Wildman–Crippen MR) is 77.0 cm³/mol. The second-order valence-corrected chi connectivity index (χ2v) is 4.38. The maximum absolute atomic E-state index is 11.8. The molecule has 0 radical (unpaired) electrons. The molecule has 2 rings (SSSR count). The van der Waals surface area contributed by atoms with E-state index in [1.807, 2.05) is 12.1 Å². The second-order valence-electron chi connectivity index (χ2n) is 4.38. The van der Waals surface area contributed by atoms with Gasteiger partial charge < -0.3 is 10.1 Å². The standard InChI is InChI=1S/C13H16N6O3/c1-22-13(21)16-11-8-19(18-17-11)9-12(20)15-6-4-10-3-2-5-14-7-10/h2-3,5,7-8H,4,6,9H2,1H3,(H,15,20)(H,16,21). The van der Waals surface area contributed by atoms with Crippen LogP contribution in [0.1, 0.15) is 5.56 Å². The molecular formula is C13H16N6O3. The molecule has 0 bridgehead atoms. The number of rotatable bonds is 6. The Morgan fingerprint density at radius 1 is 1.41 bits per heavy atom. The molecule has 2 heterocycles. The number of nitrogens with zero attached hydrogens (tertiary/aromatic N) is 4. The summed E-state index contributed by atoms with van der Waals surface area (Å²) in [5, 5.41) is 12.6. The average Bonchev–Trinajstić information content (AvgIpc) is 2.95. The molecule has 9 heteroatoms. The molecule has 9 nitrogen and oxygen atoms in total. The first-order valence-corrected chi connectivity index (χ1v) is 6.58. The van der Waals surface area contributed by atoms with Gasteiger partial charge in [-0.25, -0.2) is 9.48 Å². The largest absolute Gasteiger partial charge is 0.453 e. The van der Waals surface area contributed by atoms with Crippen molar-refractivity contribution in [1.82, 2.24) is 25.3 Å². The van der Waals surface area contributed by atoms with Crippen LogP contribution in [-0.4, -0.2) is 45.6 Å². The Labute approximate surface area is 126 Å². The smallest absolute Gasteiger partial charge is 0.412 e. The molecular weight excluding hydrogens is 288 g/mol. The zero-order chi connectivity index (χ0) is 15.8. The van der Waals surface area contributed by atoms with Crippen molar-refractivity contribution < 1.29 is 14.3 Å². The van der Waals surface area contributed by atoms with Crippen LogP contribution in [0.5, 0.6) is 0 Å². The van der Waals surface area contributed by atoms with Crippen LogP contribution in [0.4, 0.5) is 10.6 Å². The van der Waals surface area contributed by atoms with Crippen LogP contribution in [0, 0.1) is 0 Å². The van der Waals surface area contributed by atoms with Gasteiger partial charge in [0.25, 0.3) is 0 Å². The first kappa shape index (κ1) is 15.4. The van der Waals surface area contributed by atoms with E-state index in [1.165, 1.54) is 18.0 Å². The zero-order valence-corrected chi connectivity index (χ0v) is 12.0. The number of carbonyl (C=O) groups excluding carboxylic acids is 2. The van der Waals surface area contributed by atoms with Crippen molar-refractivity contribution >= 4 is 17.8 Å². The van der Waals surface area contributed by atoms with E-state index in [0.29, 0.717) is 13.0 Å². The Bertz CT molecular complexity index is 628. The molecule has 0 saturated heterocycles. The van der Waals surface area contributed by atoms with Crippen molar-refractivity contribution in [3.8, 4) is 0 Å². The lowest BCUT2D eigenvalue weighted by Crippen LogP contribution is -2.29. The molecule has 2 amide bonds. The van der Waals surface area contributed by atoms with Crippen LogP contribution in [-0.2, 0) is 22.5 Å². The lowest BCUT2D eigenvalue weighted by Gasteiger charge is -2.04. The molecule has 0 fully saturated rings. The number of anilines is 1. The third-order valence-corrected chi connectivity index (χ3v) is 2.72. The molecule has 0 aliphatic heterocycles. The van der Waals surface area contributed by atoms with Crippen LogP contribution in [0.2, 0.25) is 0 Å². The lowest BCUT2D eigenvalue weighted by molar-refractivity contribution is -0.121. The van der Waals surface area contributed by atoms with E-state index in [4.69, 9.17) is 0 Å². The number of hydrogen-bond acceptors (Lipinski definition) is 6. The molecule has 116 valence electrons. The van der Waals surface area contributed by atoms with Gasteiger partial charge in [-0.1, -0.05) is 11.3 Å². The van der Waals surface area contributed by atoms with Crippen LogP contribution < -0.4 is 10.6 Å². The van der Waals surface area contributed by atoms with Gasteiger partial charge in [0.15, 0.2) is 5.82 Å².